The Hall–Kier alpha value is -0.770. The van der Waals surface area contributed by atoms with Crippen LogP contribution in [0, 0.1) is 0 Å². The summed E-state index contributed by atoms with van der Waals surface area (Å²) < 4.78 is 0. The molecule has 0 fully saturated rings. The zero-order valence-electron chi connectivity index (χ0n) is 12.1. The summed E-state index contributed by atoms with van der Waals surface area (Å²) in [4.78, 5) is 14.1. The molecule has 1 aromatic carbocycles. The number of nitrogens with one attached hydrogen (secondary N) is 1. The molecular weight excluding hydrogens is 295 g/mol. The van der Waals surface area contributed by atoms with E-state index in [4.69, 9.17) is 23.2 Å². The highest BCUT2D eigenvalue weighted by Gasteiger charge is 2.05. The second-order valence-corrected chi connectivity index (χ2v) is 5.47. The minimum Gasteiger partial charge on any atom is -0.356 e. The summed E-state index contributed by atoms with van der Waals surface area (Å²) in [5.41, 5.74) is 0.876. The van der Waals surface area contributed by atoms with E-state index in [1.807, 2.05) is 6.07 Å². The van der Waals surface area contributed by atoms with Crippen molar-refractivity contribution in [1.82, 2.24) is 10.2 Å². The van der Waals surface area contributed by atoms with Gasteiger partial charge in [-0.15, -0.1) is 0 Å². The van der Waals surface area contributed by atoms with Crippen molar-refractivity contribution in [3.8, 4) is 0 Å². The summed E-state index contributed by atoms with van der Waals surface area (Å²) in [6.45, 7) is 8.11. The van der Waals surface area contributed by atoms with Gasteiger partial charge in [0.2, 0.25) is 5.91 Å². The summed E-state index contributed by atoms with van der Waals surface area (Å²) in [6.07, 6.45) is 1.30. The van der Waals surface area contributed by atoms with Crippen LogP contribution in [0.15, 0.2) is 18.2 Å². The molecule has 0 radical (unpaired) electrons. The molecule has 0 aliphatic carbocycles. The number of benzene rings is 1. The lowest BCUT2D eigenvalue weighted by Crippen LogP contribution is -2.30. The van der Waals surface area contributed by atoms with Crippen LogP contribution in [0.5, 0.6) is 0 Å². The topological polar surface area (TPSA) is 32.3 Å². The van der Waals surface area contributed by atoms with E-state index in [-0.39, 0.29) is 5.91 Å². The van der Waals surface area contributed by atoms with Crippen molar-refractivity contribution in [1.29, 1.82) is 0 Å². The first-order chi connectivity index (χ1) is 9.56. The van der Waals surface area contributed by atoms with Gasteiger partial charge in [0.25, 0.3) is 0 Å². The Morgan fingerprint density at radius 1 is 1.20 bits per heavy atom. The molecule has 0 aliphatic rings. The zero-order chi connectivity index (χ0) is 15.0. The summed E-state index contributed by atoms with van der Waals surface area (Å²) in [6, 6.07) is 5.27. The maximum absolute atomic E-state index is 11.8. The van der Waals surface area contributed by atoms with Crippen LogP contribution < -0.4 is 5.32 Å². The van der Waals surface area contributed by atoms with Gasteiger partial charge in [-0.1, -0.05) is 43.1 Å². The molecule has 112 valence electrons. The second-order valence-electron chi connectivity index (χ2n) is 4.66. The third-order valence-corrected chi connectivity index (χ3v) is 3.96. The molecule has 0 unspecified atom stereocenters. The fourth-order valence-electron chi connectivity index (χ4n) is 1.97. The summed E-state index contributed by atoms with van der Waals surface area (Å²) in [7, 11) is 0. The number of nitrogens with zero attached hydrogens (tertiary/aromatic N) is 1. The molecule has 20 heavy (non-hydrogen) atoms. The van der Waals surface area contributed by atoms with Gasteiger partial charge in [-0.25, -0.2) is 0 Å². The van der Waals surface area contributed by atoms with Crippen LogP contribution in [0.25, 0.3) is 0 Å². The third-order valence-electron chi connectivity index (χ3n) is 3.22. The Balaban J connectivity index is 2.28. The standard InChI is InChI=1S/C15H22Cl2N2O/c1-3-19(4-2)9-5-8-18-15(20)11-12-6-7-13(16)14(17)10-12/h6-7,10H,3-5,8-9,11H2,1-2H3,(H,18,20). The molecular formula is C15H22Cl2N2O. The van der Waals surface area contributed by atoms with Gasteiger partial charge in [-0.3, -0.25) is 4.79 Å². The Morgan fingerprint density at radius 3 is 2.50 bits per heavy atom. The number of rotatable bonds is 8. The van der Waals surface area contributed by atoms with Crippen molar-refractivity contribution in [2.24, 2.45) is 0 Å². The van der Waals surface area contributed by atoms with E-state index in [0.29, 0.717) is 23.0 Å². The molecule has 1 rings (SSSR count). The van der Waals surface area contributed by atoms with E-state index in [2.05, 4.69) is 24.1 Å². The summed E-state index contributed by atoms with van der Waals surface area (Å²) in [5.74, 6) is 0.0166. The third kappa shape index (κ3) is 6.12. The molecule has 0 saturated carbocycles. The summed E-state index contributed by atoms with van der Waals surface area (Å²) in [5, 5.41) is 3.92. The number of hydrogen-bond donors (Lipinski definition) is 1. The number of carbonyl (C=O) groups is 1. The minimum absolute atomic E-state index is 0.0166. The van der Waals surface area contributed by atoms with Crippen molar-refractivity contribution in [2.45, 2.75) is 26.7 Å². The molecule has 1 amide bonds. The van der Waals surface area contributed by atoms with Crippen molar-refractivity contribution in [2.75, 3.05) is 26.2 Å². The lowest BCUT2D eigenvalue weighted by atomic mass is 10.1. The number of amides is 1. The zero-order valence-corrected chi connectivity index (χ0v) is 13.6. The maximum Gasteiger partial charge on any atom is 0.224 e. The SMILES string of the molecule is CCN(CC)CCCNC(=O)Cc1ccc(Cl)c(Cl)c1. The Bertz CT molecular complexity index is 434. The average Bonchev–Trinajstić information content (AvgIpc) is 2.43. The van der Waals surface area contributed by atoms with Crippen LogP contribution >= 0.6 is 23.2 Å². The van der Waals surface area contributed by atoms with Crippen LogP contribution in [-0.2, 0) is 11.2 Å². The van der Waals surface area contributed by atoms with Gasteiger partial charge in [0.15, 0.2) is 0 Å². The first-order valence-corrected chi connectivity index (χ1v) is 7.75. The molecule has 0 spiro atoms. The highest BCUT2D eigenvalue weighted by Crippen LogP contribution is 2.22. The number of carbonyl (C=O) groups excluding carboxylic acids is 1. The fourth-order valence-corrected chi connectivity index (χ4v) is 2.29. The fraction of sp³-hybridized carbons (Fsp3) is 0.533. The largest absolute Gasteiger partial charge is 0.356 e. The lowest BCUT2D eigenvalue weighted by Gasteiger charge is -2.17. The predicted molar refractivity (Wildman–Crippen MR) is 85.6 cm³/mol. The van der Waals surface area contributed by atoms with Gasteiger partial charge >= 0.3 is 0 Å². The van der Waals surface area contributed by atoms with E-state index < -0.39 is 0 Å². The minimum atomic E-state index is 0.0166. The highest BCUT2D eigenvalue weighted by atomic mass is 35.5. The predicted octanol–water partition coefficient (Wildman–Crippen LogP) is 3.38. The molecule has 5 heteroatoms. The normalized spacial score (nSPS) is 10.8. The smallest absolute Gasteiger partial charge is 0.224 e. The van der Waals surface area contributed by atoms with E-state index >= 15 is 0 Å². The first kappa shape index (κ1) is 17.3. The van der Waals surface area contributed by atoms with Gasteiger partial charge < -0.3 is 10.2 Å². The molecule has 1 N–H and O–H groups in total. The van der Waals surface area contributed by atoms with E-state index in [1.54, 1.807) is 12.1 Å². The van der Waals surface area contributed by atoms with Gasteiger partial charge in [-0.2, -0.15) is 0 Å². The van der Waals surface area contributed by atoms with Crippen LogP contribution in [-0.4, -0.2) is 37.0 Å². The Morgan fingerprint density at radius 2 is 1.90 bits per heavy atom. The van der Waals surface area contributed by atoms with Crippen LogP contribution in [0.3, 0.4) is 0 Å². The lowest BCUT2D eigenvalue weighted by molar-refractivity contribution is -0.120. The maximum atomic E-state index is 11.8. The van der Waals surface area contributed by atoms with Crippen molar-refractivity contribution < 1.29 is 4.79 Å². The second kappa shape index (κ2) is 9.22. The van der Waals surface area contributed by atoms with Crippen LogP contribution in [0.1, 0.15) is 25.8 Å². The Kier molecular flexibility index (Phi) is 7.97. The van der Waals surface area contributed by atoms with E-state index in [1.165, 1.54) is 0 Å². The van der Waals surface area contributed by atoms with Crippen molar-refractivity contribution in [3.63, 3.8) is 0 Å². The van der Waals surface area contributed by atoms with E-state index in [9.17, 15) is 4.79 Å². The van der Waals surface area contributed by atoms with Crippen molar-refractivity contribution >= 4 is 29.1 Å². The molecule has 0 heterocycles. The van der Waals surface area contributed by atoms with Gasteiger partial charge in [-0.05, 0) is 43.8 Å². The molecule has 0 aromatic heterocycles. The molecule has 0 bridgehead atoms. The molecule has 0 atom stereocenters. The molecule has 0 aliphatic heterocycles. The Labute approximate surface area is 131 Å². The van der Waals surface area contributed by atoms with Gasteiger partial charge in [0.1, 0.15) is 0 Å². The van der Waals surface area contributed by atoms with Gasteiger partial charge in [0.05, 0.1) is 16.5 Å². The molecule has 0 saturated heterocycles. The van der Waals surface area contributed by atoms with Gasteiger partial charge in [0, 0.05) is 6.54 Å². The molecule has 3 nitrogen and oxygen atoms in total. The monoisotopic (exact) mass is 316 g/mol. The number of hydrogen-bond acceptors (Lipinski definition) is 2. The quantitative estimate of drug-likeness (QED) is 0.746. The van der Waals surface area contributed by atoms with Crippen molar-refractivity contribution in [3.05, 3.63) is 33.8 Å². The van der Waals surface area contributed by atoms with E-state index in [0.717, 1.165) is 31.6 Å². The molecule has 1 aromatic rings. The highest BCUT2D eigenvalue weighted by molar-refractivity contribution is 6.42. The summed E-state index contributed by atoms with van der Waals surface area (Å²) >= 11 is 11.8. The van der Waals surface area contributed by atoms with Crippen LogP contribution in [0.2, 0.25) is 10.0 Å². The first-order valence-electron chi connectivity index (χ1n) is 6.99. The van der Waals surface area contributed by atoms with Crippen LogP contribution in [0.4, 0.5) is 0 Å². The average molecular weight is 317 g/mol. The number of halogens is 2.